The average Bonchev–Trinajstić information content (AvgIpc) is 2.09. The van der Waals surface area contributed by atoms with Crippen molar-refractivity contribution in [1.82, 2.24) is 5.32 Å². The van der Waals surface area contributed by atoms with Crippen molar-refractivity contribution in [1.29, 1.82) is 0 Å². The minimum Gasteiger partial charge on any atom is -0.414 e. The van der Waals surface area contributed by atoms with Crippen molar-refractivity contribution in [2.24, 2.45) is 0 Å². The first-order chi connectivity index (χ1) is 8.24. The summed E-state index contributed by atoms with van der Waals surface area (Å²) in [5.74, 6) is 0.109. The van der Waals surface area contributed by atoms with Gasteiger partial charge in [0.05, 0.1) is 0 Å². The third kappa shape index (κ3) is 7.73. The van der Waals surface area contributed by atoms with E-state index in [2.05, 4.69) is 46.1 Å². The van der Waals surface area contributed by atoms with Gasteiger partial charge in [0.1, 0.15) is 0 Å². The summed E-state index contributed by atoms with van der Waals surface area (Å²) in [7, 11) is -1.72. The van der Waals surface area contributed by atoms with Gasteiger partial charge in [-0.15, -0.1) is 0 Å². The Morgan fingerprint density at radius 1 is 1.16 bits per heavy atom. The second-order valence-electron chi connectivity index (χ2n) is 8.03. The van der Waals surface area contributed by atoms with Crippen molar-refractivity contribution in [3.63, 3.8) is 0 Å². The van der Waals surface area contributed by atoms with Crippen molar-refractivity contribution in [3.05, 3.63) is 0 Å². The van der Waals surface area contributed by atoms with Crippen LogP contribution < -0.4 is 5.32 Å². The molecule has 0 bridgehead atoms. The van der Waals surface area contributed by atoms with Crippen LogP contribution >= 0.6 is 0 Å². The molecule has 0 aromatic rings. The van der Waals surface area contributed by atoms with Crippen molar-refractivity contribution >= 4 is 14.2 Å². The van der Waals surface area contributed by atoms with Crippen LogP contribution in [-0.2, 0) is 9.22 Å². The summed E-state index contributed by atoms with van der Waals surface area (Å²) >= 11 is 0. The lowest BCUT2D eigenvalue weighted by Crippen LogP contribution is -2.44. The van der Waals surface area contributed by atoms with Gasteiger partial charge in [0, 0.05) is 18.1 Å². The molecule has 4 heteroatoms. The quantitative estimate of drug-likeness (QED) is 0.773. The van der Waals surface area contributed by atoms with E-state index < -0.39 is 8.32 Å². The summed E-state index contributed by atoms with van der Waals surface area (Å²) in [6, 6.07) is 0. The predicted octanol–water partition coefficient (Wildman–Crippen LogP) is 4.09. The number of amides is 1. The molecule has 0 rings (SSSR count). The number of rotatable bonds is 5. The number of carbonyl (C=O) groups excluding carboxylic acids is 1. The van der Waals surface area contributed by atoms with Gasteiger partial charge in [0.15, 0.2) is 8.32 Å². The van der Waals surface area contributed by atoms with Gasteiger partial charge >= 0.3 is 0 Å². The third-order valence-corrected chi connectivity index (χ3v) is 8.20. The van der Waals surface area contributed by atoms with E-state index in [1.165, 1.54) is 0 Å². The fourth-order valence-corrected chi connectivity index (χ4v) is 3.03. The molecule has 0 aliphatic carbocycles. The highest BCUT2D eigenvalue weighted by atomic mass is 28.4. The molecule has 0 aliphatic heterocycles. The van der Waals surface area contributed by atoms with Crippen molar-refractivity contribution in [3.8, 4) is 0 Å². The van der Waals surface area contributed by atoms with Crippen LogP contribution in [0.2, 0.25) is 18.1 Å². The van der Waals surface area contributed by atoms with Crippen LogP contribution in [0.15, 0.2) is 0 Å². The Balaban J connectivity index is 4.21. The maximum absolute atomic E-state index is 11.8. The van der Waals surface area contributed by atoms with Crippen LogP contribution in [0.4, 0.5) is 0 Å². The molecular formula is C15H33NO2Si. The molecule has 3 nitrogen and oxygen atoms in total. The molecule has 1 atom stereocenters. The number of hydrogen-bond acceptors (Lipinski definition) is 2. The first-order valence-corrected chi connectivity index (χ1v) is 10.1. The first-order valence-electron chi connectivity index (χ1n) is 7.23. The summed E-state index contributed by atoms with van der Waals surface area (Å²) in [5.41, 5.74) is -0.152. The minimum absolute atomic E-state index is 0.109. The summed E-state index contributed by atoms with van der Waals surface area (Å²) in [5, 5.41) is 3.20. The SMILES string of the molecule is CC(CCC(=O)NC(C)(C)C)O[Si](C)(C)C(C)(C)C. The molecule has 0 fully saturated rings. The Morgan fingerprint density at radius 3 is 2.00 bits per heavy atom. The fraction of sp³-hybridized carbons (Fsp3) is 0.933. The van der Waals surface area contributed by atoms with Crippen LogP contribution in [0.25, 0.3) is 0 Å². The van der Waals surface area contributed by atoms with Gasteiger partial charge in [0.2, 0.25) is 5.91 Å². The Bertz CT molecular complexity index is 300. The normalized spacial score (nSPS) is 15.2. The molecule has 0 aliphatic rings. The van der Waals surface area contributed by atoms with Crippen LogP contribution in [-0.4, -0.2) is 25.9 Å². The molecule has 0 aromatic heterocycles. The zero-order valence-electron chi connectivity index (χ0n) is 14.3. The van der Waals surface area contributed by atoms with Crippen molar-refractivity contribution < 1.29 is 9.22 Å². The van der Waals surface area contributed by atoms with Gasteiger partial charge in [0.25, 0.3) is 0 Å². The van der Waals surface area contributed by atoms with E-state index in [1.807, 2.05) is 20.8 Å². The Kier molecular flexibility index (Phi) is 6.28. The maximum atomic E-state index is 11.8. The molecule has 1 unspecified atom stereocenters. The molecule has 0 aromatic carbocycles. The second-order valence-corrected chi connectivity index (χ2v) is 12.8. The molecule has 19 heavy (non-hydrogen) atoms. The molecular weight excluding hydrogens is 254 g/mol. The van der Waals surface area contributed by atoms with Gasteiger partial charge in [-0.3, -0.25) is 4.79 Å². The molecule has 0 spiro atoms. The van der Waals surface area contributed by atoms with Gasteiger partial charge in [-0.05, 0) is 52.2 Å². The number of nitrogens with one attached hydrogen (secondary N) is 1. The van der Waals surface area contributed by atoms with Crippen LogP contribution in [0.3, 0.4) is 0 Å². The molecule has 1 N–H and O–H groups in total. The molecule has 114 valence electrons. The Morgan fingerprint density at radius 2 is 1.63 bits per heavy atom. The molecule has 0 saturated carbocycles. The lowest BCUT2D eigenvalue weighted by Gasteiger charge is -2.38. The van der Waals surface area contributed by atoms with Gasteiger partial charge < -0.3 is 9.74 Å². The predicted molar refractivity (Wildman–Crippen MR) is 84.9 cm³/mol. The summed E-state index contributed by atoms with van der Waals surface area (Å²) in [6.07, 6.45) is 1.47. The second kappa shape index (κ2) is 6.40. The Labute approximate surface area is 120 Å². The largest absolute Gasteiger partial charge is 0.414 e. The van der Waals surface area contributed by atoms with E-state index in [1.54, 1.807) is 0 Å². The maximum Gasteiger partial charge on any atom is 0.220 e. The molecule has 1 amide bonds. The zero-order valence-corrected chi connectivity index (χ0v) is 15.3. The van der Waals surface area contributed by atoms with Crippen LogP contribution in [0, 0.1) is 0 Å². The van der Waals surface area contributed by atoms with Crippen LogP contribution in [0.5, 0.6) is 0 Å². The fourth-order valence-electron chi connectivity index (χ4n) is 1.55. The smallest absolute Gasteiger partial charge is 0.220 e. The summed E-state index contributed by atoms with van der Waals surface area (Å²) in [4.78, 5) is 11.8. The van der Waals surface area contributed by atoms with E-state index in [9.17, 15) is 4.79 Å². The Hall–Kier alpha value is -0.353. The highest BCUT2D eigenvalue weighted by Crippen LogP contribution is 2.37. The van der Waals surface area contributed by atoms with E-state index in [0.717, 1.165) is 6.42 Å². The van der Waals surface area contributed by atoms with Gasteiger partial charge in [-0.1, -0.05) is 20.8 Å². The molecule has 0 heterocycles. The third-order valence-electron chi connectivity index (χ3n) is 3.59. The summed E-state index contributed by atoms with van der Waals surface area (Å²) in [6.45, 7) is 19.3. The summed E-state index contributed by atoms with van der Waals surface area (Å²) < 4.78 is 6.24. The highest BCUT2D eigenvalue weighted by molar-refractivity contribution is 6.74. The topological polar surface area (TPSA) is 38.3 Å². The van der Waals surface area contributed by atoms with Crippen LogP contribution in [0.1, 0.15) is 61.3 Å². The van der Waals surface area contributed by atoms with E-state index in [0.29, 0.717) is 6.42 Å². The average molecular weight is 288 g/mol. The molecule has 0 saturated heterocycles. The van der Waals surface area contributed by atoms with E-state index in [4.69, 9.17) is 4.43 Å². The first kappa shape index (κ1) is 18.6. The minimum atomic E-state index is -1.72. The van der Waals surface area contributed by atoms with Crippen molar-refractivity contribution in [2.75, 3.05) is 0 Å². The lowest BCUT2D eigenvalue weighted by molar-refractivity contribution is -0.122. The highest BCUT2D eigenvalue weighted by Gasteiger charge is 2.38. The monoisotopic (exact) mass is 287 g/mol. The van der Waals surface area contributed by atoms with Crippen molar-refractivity contribution in [2.45, 2.75) is 91.1 Å². The van der Waals surface area contributed by atoms with E-state index in [-0.39, 0.29) is 22.6 Å². The number of carbonyl (C=O) groups is 1. The lowest BCUT2D eigenvalue weighted by atomic mass is 10.1. The van der Waals surface area contributed by atoms with Gasteiger partial charge in [-0.25, -0.2) is 0 Å². The van der Waals surface area contributed by atoms with E-state index >= 15 is 0 Å². The molecule has 0 radical (unpaired) electrons. The number of hydrogen-bond donors (Lipinski definition) is 1. The zero-order chi connectivity index (χ0) is 15.5. The van der Waals surface area contributed by atoms with Gasteiger partial charge in [-0.2, -0.15) is 0 Å². The standard InChI is InChI=1S/C15H33NO2Si/c1-12(18-19(8,9)15(5,6)7)10-11-13(17)16-14(2,3)4/h12H,10-11H2,1-9H3,(H,16,17).